The van der Waals surface area contributed by atoms with Crippen LogP contribution in [0.5, 0.6) is 23.0 Å². The number of hydrogen-bond donors (Lipinski definition) is 5. The fourth-order valence-electron chi connectivity index (χ4n) is 8.48. The molecule has 18 nitrogen and oxygen atoms in total. The third kappa shape index (κ3) is 8.72. The number of aromatic nitrogens is 1. The number of carboxylic acid groups (broad SMARTS) is 3. The number of aliphatic hydroxyl groups is 1. The molecule has 1 aliphatic carbocycles. The van der Waals surface area contributed by atoms with Gasteiger partial charge in [0.1, 0.15) is 18.0 Å². The Labute approximate surface area is 327 Å². The van der Waals surface area contributed by atoms with E-state index in [1.807, 2.05) is 12.1 Å². The van der Waals surface area contributed by atoms with Crippen molar-refractivity contribution in [1.82, 2.24) is 9.88 Å². The summed E-state index contributed by atoms with van der Waals surface area (Å²) in [7, 11) is 9.10. The van der Waals surface area contributed by atoms with E-state index in [-0.39, 0.29) is 29.4 Å². The van der Waals surface area contributed by atoms with Crippen LogP contribution >= 0.6 is 0 Å². The van der Waals surface area contributed by atoms with Crippen molar-refractivity contribution in [1.29, 1.82) is 0 Å². The van der Waals surface area contributed by atoms with Gasteiger partial charge in [-0.3, -0.25) is 19.3 Å². The lowest BCUT2D eigenvalue weighted by Crippen LogP contribution is -2.58. The lowest BCUT2D eigenvalue weighted by atomic mass is 9.63. The van der Waals surface area contributed by atoms with Crippen molar-refractivity contribution in [3.05, 3.63) is 47.2 Å². The number of fused-ring (bicyclic) bond motifs is 6. The molecule has 57 heavy (non-hydrogen) atoms. The molecule has 2 fully saturated rings. The Balaban J connectivity index is 0.000000411. The molecule has 2 aromatic carbocycles. The van der Waals surface area contributed by atoms with Crippen LogP contribution in [-0.4, -0.2) is 134 Å². The van der Waals surface area contributed by atoms with Gasteiger partial charge in [-0.05, 0) is 60.9 Å². The second-order valence-electron chi connectivity index (χ2n) is 14.2. The molecule has 2 aliphatic heterocycles. The number of esters is 2. The lowest BCUT2D eigenvalue weighted by molar-refractivity contribution is -0.176. The van der Waals surface area contributed by atoms with Gasteiger partial charge in [0.05, 0.1) is 65.9 Å². The molecular formula is C39H48N2O16. The summed E-state index contributed by atoms with van der Waals surface area (Å²) in [6, 6.07) is 9.40. The smallest absolute Gasteiger partial charge is 0.338 e. The first kappa shape index (κ1) is 42.6. The number of aromatic amines is 1. The Morgan fingerprint density at radius 3 is 2.04 bits per heavy atom. The van der Waals surface area contributed by atoms with Gasteiger partial charge in [0.15, 0.2) is 17.1 Å². The van der Waals surface area contributed by atoms with Crippen molar-refractivity contribution in [3.8, 4) is 23.0 Å². The molecule has 0 spiro atoms. The fraction of sp³-hybridized carbons (Fsp3) is 0.513. The molecule has 1 aromatic heterocycles. The molecule has 6 rings (SSSR count). The molecule has 0 unspecified atom stereocenters. The summed E-state index contributed by atoms with van der Waals surface area (Å²) in [4.78, 5) is 63.6. The van der Waals surface area contributed by atoms with E-state index in [2.05, 4.69) is 16.0 Å². The van der Waals surface area contributed by atoms with Gasteiger partial charge in [-0.25, -0.2) is 9.59 Å². The molecule has 1 saturated heterocycles. The number of ether oxygens (including phenoxy) is 7. The summed E-state index contributed by atoms with van der Waals surface area (Å²) in [5.41, 5.74) is 1.09. The number of nitrogens with one attached hydrogen (secondary N) is 1. The van der Waals surface area contributed by atoms with Crippen molar-refractivity contribution in [2.75, 3.05) is 55.7 Å². The first-order valence-corrected chi connectivity index (χ1v) is 18.1. The van der Waals surface area contributed by atoms with Crippen molar-refractivity contribution in [2.24, 2.45) is 17.8 Å². The van der Waals surface area contributed by atoms with Crippen LogP contribution in [0.2, 0.25) is 0 Å². The minimum Gasteiger partial charge on any atom is -0.497 e. The fourth-order valence-corrected chi connectivity index (χ4v) is 8.48. The van der Waals surface area contributed by atoms with E-state index in [0.29, 0.717) is 23.7 Å². The van der Waals surface area contributed by atoms with Crippen LogP contribution < -0.4 is 18.9 Å². The molecule has 0 radical (unpaired) electrons. The second-order valence-corrected chi connectivity index (χ2v) is 14.2. The standard InChI is InChI=1S/C33H40N2O9.C6H8O7/c1-38-19-7-8-20-21-9-10-35-16-18-13-27(44-32(36)17-11-25(39-2)30(41-4)26(12-17)40-3)31(42-5)28(33(37)43-6)22(18)15-24(35)29(21)34-23(20)14-19;7-3(8)1-6(13,5(11)12)2-4(9)10/h7-8,11-12,14,18,22,24,27-28,31,34H,9-10,13,15-16H2,1-6H3;13H,1-2H2,(H,7,8)(H,9,10)(H,11,12)/t18-,22+,24-,27-,28+,31+;/m1./s1. The summed E-state index contributed by atoms with van der Waals surface area (Å²) < 4.78 is 39.1. The highest BCUT2D eigenvalue weighted by molar-refractivity contribution is 5.91. The van der Waals surface area contributed by atoms with Gasteiger partial charge in [0.25, 0.3) is 0 Å². The minimum atomic E-state index is -2.74. The van der Waals surface area contributed by atoms with Gasteiger partial charge in [0, 0.05) is 42.9 Å². The number of aliphatic carboxylic acids is 3. The Kier molecular flexibility index (Phi) is 13.2. The summed E-state index contributed by atoms with van der Waals surface area (Å²) in [5, 5.41) is 35.0. The second kappa shape index (κ2) is 17.7. The Morgan fingerprint density at radius 1 is 0.860 bits per heavy atom. The van der Waals surface area contributed by atoms with Crippen molar-refractivity contribution in [3.63, 3.8) is 0 Å². The summed E-state index contributed by atoms with van der Waals surface area (Å²) in [6.45, 7) is 1.68. The summed E-state index contributed by atoms with van der Waals surface area (Å²) in [5.74, 6) is -4.58. The number of piperidine rings is 1. The normalized spacial score (nSPS) is 22.6. The zero-order valence-electron chi connectivity index (χ0n) is 32.4. The van der Waals surface area contributed by atoms with Crippen LogP contribution in [0, 0.1) is 17.8 Å². The first-order chi connectivity index (χ1) is 27.1. The number of carboxylic acids is 3. The largest absolute Gasteiger partial charge is 0.497 e. The van der Waals surface area contributed by atoms with Crippen LogP contribution in [-0.2, 0) is 39.8 Å². The topological polar surface area (TPSA) is 250 Å². The zero-order chi connectivity index (χ0) is 41.8. The van der Waals surface area contributed by atoms with Crippen molar-refractivity contribution in [2.45, 2.75) is 56.0 Å². The van der Waals surface area contributed by atoms with Crippen molar-refractivity contribution >= 4 is 40.7 Å². The van der Waals surface area contributed by atoms with Gasteiger partial charge in [-0.2, -0.15) is 0 Å². The van der Waals surface area contributed by atoms with E-state index in [9.17, 15) is 24.0 Å². The zero-order valence-corrected chi connectivity index (χ0v) is 32.4. The van der Waals surface area contributed by atoms with Gasteiger partial charge in [-0.1, -0.05) is 0 Å². The molecule has 3 aromatic rings. The number of nitrogens with zero attached hydrogens (tertiary/aromatic N) is 1. The Hall–Kier alpha value is -5.59. The highest BCUT2D eigenvalue weighted by Gasteiger charge is 2.54. The van der Waals surface area contributed by atoms with Crippen molar-refractivity contribution < 1.29 is 77.6 Å². The molecule has 3 aliphatic rings. The number of methoxy groups -OCH3 is 6. The molecule has 0 amide bonds. The molecule has 6 atom stereocenters. The third-order valence-electron chi connectivity index (χ3n) is 11.0. The molecule has 310 valence electrons. The van der Waals surface area contributed by atoms with E-state index >= 15 is 0 Å². The van der Waals surface area contributed by atoms with Crippen LogP contribution in [0.15, 0.2) is 30.3 Å². The lowest BCUT2D eigenvalue weighted by Gasteiger charge is -2.52. The van der Waals surface area contributed by atoms with Crippen LogP contribution in [0.1, 0.15) is 53.3 Å². The Morgan fingerprint density at radius 2 is 1.51 bits per heavy atom. The van der Waals surface area contributed by atoms with E-state index in [0.717, 1.165) is 37.2 Å². The molecule has 0 bridgehead atoms. The van der Waals surface area contributed by atoms with E-state index in [1.165, 1.54) is 45.1 Å². The first-order valence-electron chi connectivity index (χ1n) is 18.1. The van der Waals surface area contributed by atoms with Crippen LogP contribution in [0.4, 0.5) is 0 Å². The highest BCUT2D eigenvalue weighted by atomic mass is 16.6. The predicted octanol–water partition coefficient (Wildman–Crippen LogP) is 2.92. The number of hydrogen-bond acceptors (Lipinski definition) is 14. The van der Waals surface area contributed by atoms with E-state index in [1.54, 1.807) is 26.4 Å². The predicted molar refractivity (Wildman–Crippen MR) is 198 cm³/mol. The van der Waals surface area contributed by atoms with Crippen LogP contribution in [0.3, 0.4) is 0 Å². The summed E-state index contributed by atoms with van der Waals surface area (Å²) >= 11 is 0. The highest BCUT2D eigenvalue weighted by Crippen LogP contribution is 2.51. The SMILES string of the molecule is COC(=O)[C@H]1[C@H]2C[C@@H]3c4[nH]c5cc(OC)ccc5c4CCN3C[C@H]2C[C@@H](OC(=O)c2cc(OC)c(OC)c(OC)c2)[C@@H]1OC.O=C(O)CC(O)(CC(=O)O)C(=O)O. The molecule has 18 heteroatoms. The summed E-state index contributed by atoms with van der Waals surface area (Å²) in [6.07, 6.45) is -1.37. The molecule has 1 saturated carbocycles. The number of carbonyl (C=O) groups excluding carboxylic acids is 2. The van der Waals surface area contributed by atoms with Gasteiger partial charge in [-0.15, -0.1) is 0 Å². The molecule has 3 heterocycles. The van der Waals surface area contributed by atoms with E-state index in [4.69, 9.17) is 53.6 Å². The third-order valence-corrected chi connectivity index (χ3v) is 11.0. The van der Waals surface area contributed by atoms with Crippen LogP contribution in [0.25, 0.3) is 10.9 Å². The monoisotopic (exact) mass is 800 g/mol. The Bertz CT molecular complexity index is 1950. The maximum atomic E-state index is 13.5. The average molecular weight is 801 g/mol. The van der Waals surface area contributed by atoms with Gasteiger partial charge < -0.3 is 58.6 Å². The number of benzene rings is 2. The van der Waals surface area contributed by atoms with Gasteiger partial charge in [0.2, 0.25) is 5.75 Å². The molecular weight excluding hydrogens is 752 g/mol. The number of H-pyrrole nitrogens is 1. The average Bonchev–Trinajstić information content (AvgIpc) is 3.56. The number of rotatable bonds is 13. The minimum absolute atomic E-state index is 0.0170. The maximum Gasteiger partial charge on any atom is 0.338 e. The quantitative estimate of drug-likeness (QED) is 0.156. The number of carbonyl (C=O) groups is 5. The maximum absolute atomic E-state index is 13.5. The molecule has 5 N–H and O–H groups in total. The van der Waals surface area contributed by atoms with E-state index < -0.39 is 60.4 Å². The van der Waals surface area contributed by atoms with Gasteiger partial charge >= 0.3 is 29.8 Å².